The van der Waals surface area contributed by atoms with Gasteiger partial charge in [-0.2, -0.15) is 0 Å². The van der Waals surface area contributed by atoms with Gasteiger partial charge in [-0.1, -0.05) is 29.0 Å². The fraction of sp³-hybridized carbons (Fsp3) is 0.125. The van der Waals surface area contributed by atoms with Crippen molar-refractivity contribution in [3.05, 3.63) is 82.4 Å². The van der Waals surface area contributed by atoms with E-state index in [2.05, 4.69) is 20.9 Å². The van der Waals surface area contributed by atoms with E-state index in [-0.39, 0.29) is 16.7 Å². The molecule has 33 heavy (non-hydrogen) atoms. The van der Waals surface area contributed by atoms with Crippen molar-refractivity contribution in [1.82, 2.24) is 4.98 Å². The minimum Gasteiger partial charge on any atom is -0.322 e. The van der Waals surface area contributed by atoms with Crippen molar-refractivity contribution in [2.24, 2.45) is 0 Å². The molecule has 9 heteroatoms. The van der Waals surface area contributed by atoms with Gasteiger partial charge in [-0.05, 0) is 62.2 Å². The minimum atomic E-state index is -0.799. The number of hydrogen-bond acceptors (Lipinski definition) is 4. The lowest BCUT2D eigenvalue weighted by Crippen LogP contribution is -2.19. The minimum absolute atomic E-state index is 0.0215. The molecule has 0 saturated heterocycles. The molecule has 1 heterocycles. The number of carbonyl (C=O) groups excluding carboxylic acids is 2. The lowest BCUT2D eigenvalue weighted by molar-refractivity contribution is 0.102. The summed E-state index contributed by atoms with van der Waals surface area (Å²) < 4.78 is 27.3. The quantitative estimate of drug-likeness (QED) is 0.326. The highest BCUT2D eigenvalue weighted by Gasteiger charge is 2.14. The fourth-order valence-electron chi connectivity index (χ4n) is 3.57. The van der Waals surface area contributed by atoms with Crippen LogP contribution in [-0.2, 0) is 0 Å². The fourth-order valence-corrected chi connectivity index (χ4v) is 4.47. The van der Waals surface area contributed by atoms with Gasteiger partial charge in [0.15, 0.2) is 5.13 Å². The number of benzene rings is 3. The molecule has 0 unspecified atom stereocenters. The van der Waals surface area contributed by atoms with E-state index >= 15 is 0 Å². The highest BCUT2D eigenvalue weighted by atomic mass is 32.1. The molecule has 3 aromatic carbocycles. The molecular formula is C24H20F2N4O2S. The molecule has 0 atom stereocenters. The summed E-state index contributed by atoms with van der Waals surface area (Å²) in [4.78, 5) is 29.3. The van der Waals surface area contributed by atoms with Crippen LogP contribution in [0.4, 0.5) is 30.1 Å². The van der Waals surface area contributed by atoms with E-state index in [1.165, 1.54) is 11.3 Å². The van der Waals surface area contributed by atoms with Crippen LogP contribution in [0.1, 0.15) is 27.0 Å². The maximum Gasteiger partial charge on any atom is 0.325 e. The van der Waals surface area contributed by atoms with Crippen LogP contribution in [0.5, 0.6) is 0 Å². The van der Waals surface area contributed by atoms with Crippen LogP contribution in [0.25, 0.3) is 10.2 Å². The first kappa shape index (κ1) is 22.3. The molecule has 0 aliphatic carbocycles. The predicted molar refractivity (Wildman–Crippen MR) is 127 cm³/mol. The average Bonchev–Trinajstić information content (AvgIpc) is 3.10. The Balaban J connectivity index is 1.49. The van der Waals surface area contributed by atoms with Crippen LogP contribution in [-0.4, -0.2) is 16.9 Å². The molecule has 0 aliphatic heterocycles. The first-order valence-electron chi connectivity index (χ1n) is 10.0. The van der Waals surface area contributed by atoms with Crippen LogP contribution in [0.3, 0.4) is 0 Å². The normalized spacial score (nSPS) is 10.8. The molecule has 168 valence electrons. The van der Waals surface area contributed by atoms with Crippen molar-refractivity contribution in [1.29, 1.82) is 0 Å². The van der Waals surface area contributed by atoms with Gasteiger partial charge in [-0.25, -0.2) is 18.6 Å². The van der Waals surface area contributed by atoms with E-state index < -0.39 is 17.7 Å². The monoisotopic (exact) mass is 466 g/mol. The number of anilines is 3. The lowest BCUT2D eigenvalue weighted by atomic mass is 10.0. The third-order valence-corrected chi connectivity index (χ3v) is 5.84. The van der Waals surface area contributed by atoms with Crippen molar-refractivity contribution in [2.45, 2.75) is 20.8 Å². The highest BCUT2D eigenvalue weighted by Crippen LogP contribution is 2.28. The van der Waals surface area contributed by atoms with E-state index in [9.17, 15) is 18.4 Å². The standard InChI is InChI=1S/C24H20F2N4O2S/c1-12-6-13(2)21(14(3)7-12)29-22(31)15-4-5-19-20(8-15)33-24(28-19)30-23(32)27-18-10-16(25)9-17(26)11-18/h4-11H,1-3H3,(H,29,31)(H2,27,28,30,32). The molecule has 6 nitrogen and oxygen atoms in total. The molecule has 0 aliphatic rings. The number of fused-ring (bicyclic) bond motifs is 1. The summed E-state index contributed by atoms with van der Waals surface area (Å²) in [6, 6.07) is 11.1. The summed E-state index contributed by atoms with van der Waals surface area (Å²) in [6.07, 6.45) is 0. The Hall–Kier alpha value is -3.85. The Labute approximate surface area is 192 Å². The Kier molecular flexibility index (Phi) is 6.06. The number of halogens is 2. The van der Waals surface area contributed by atoms with Crippen LogP contribution < -0.4 is 16.0 Å². The highest BCUT2D eigenvalue weighted by molar-refractivity contribution is 7.22. The summed E-state index contributed by atoms with van der Waals surface area (Å²) in [7, 11) is 0. The van der Waals surface area contributed by atoms with E-state index in [1.807, 2.05) is 32.9 Å². The number of rotatable bonds is 4. The zero-order chi connectivity index (χ0) is 23.7. The second-order valence-electron chi connectivity index (χ2n) is 7.67. The van der Waals surface area contributed by atoms with Gasteiger partial charge in [0, 0.05) is 23.0 Å². The van der Waals surface area contributed by atoms with Gasteiger partial charge in [-0.15, -0.1) is 0 Å². The van der Waals surface area contributed by atoms with Gasteiger partial charge in [0.05, 0.1) is 10.2 Å². The Bertz CT molecular complexity index is 1360. The summed E-state index contributed by atoms with van der Waals surface area (Å²) in [6.45, 7) is 5.90. The topological polar surface area (TPSA) is 83.1 Å². The first-order valence-corrected chi connectivity index (χ1v) is 10.8. The van der Waals surface area contributed by atoms with E-state index in [4.69, 9.17) is 0 Å². The largest absolute Gasteiger partial charge is 0.325 e. The SMILES string of the molecule is Cc1cc(C)c(NC(=O)c2ccc3nc(NC(=O)Nc4cc(F)cc(F)c4)sc3c2)c(C)c1. The molecular weight excluding hydrogens is 446 g/mol. The van der Waals surface area contributed by atoms with Crippen molar-refractivity contribution < 1.29 is 18.4 Å². The molecule has 3 N–H and O–H groups in total. The summed E-state index contributed by atoms with van der Waals surface area (Å²) in [5, 5.41) is 8.15. The van der Waals surface area contributed by atoms with Crippen LogP contribution in [0, 0.1) is 32.4 Å². The number of aromatic nitrogens is 1. The molecule has 4 rings (SSSR count). The van der Waals surface area contributed by atoms with Crippen molar-refractivity contribution in [2.75, 3.05) is 16.0 Å². The van der Waals surface area contributed by atoms with E-state index in [0.717, 1.165) is 34.5 Å². The van der Waals surface area contributed by atoms with E-state index in [1.54, 1.807) is 18.2 Å². The summed E-state index contributed by atoms with van der Waals surface area (Å²) in [5.41, 5.74) is 4.91. The number of aryl methyl sites for hydroxylation is 3. The number of nitrogens with one attached hydrogen (secondary N) is 3. The molecule has 0 fully saturated rings. The number of amides is 3. The Morgan fingerprint density at radius 1 is 0.848 bits per heavy atom. The first-order chi connectivity index (χ1) is 15.7. The molecule has 0 saturated carbocycles. The molecule has 0 bridgehead atoms. The number of hydrogen-bond donors (Lipinski definition) is 3. The number of carbonyl (C=O) groups is 2. The van der Waals surface area contributed by atoms with Gasteiger partial charge >= 0.3 is 6.03 Å². The smallest absolute Gasteiger partial charge is 0.322 e. The van der Waals surface area contributed by atoms with E-state index in [0.29, 0.717) is 21.8 Å². The predicted octanol–water partition coefficient (Wildman–Crippen LogP) is 6.40. The van der Waals surface area contributed by atoms with Gasteiger partial charge < -0.3 is 10.6 Å². The van der Waals surface area contributed by atoms with Crippen LogP contribution in [0.2, 0.25) is 0 Å². The summed E-state index contributed by atoms with van der Waals surface area (Å²) >= 11 is 1.18. The Morgan fingerprint density at radius 2 is 1.52 bits per heavy atom. The molecule has 4 aromatic rings. The molecule has 3 amide bonds. The molecule has 0 spiro atoms. The van der Waals surface area contributed by atoms with Crippen molar-refractivity contribution in [3.63, 3.8) is 0 Å². The third-order valence-electron chi connectivity index (χ3n) is 4.91. The average molecular weight is 467 g/mol. The van der Waals surface area contributed by atoms with Crippen LogP contribution in [0.15, 0.2) is 48.5 Å². The number of urea groups is 1. The van der Waals surface area contributed by atoms with Gasteiger partial charge in [0.2, 0.25) is 0 Å². The summed E-state index contributed by atoms with van der Waals surface area (Å²) in [5.74, 6) is -1.85. The van der Waals surface area contributed by atoms with Gasteiger partial charge in [0.1, 0.15) is 11.6 Å². The third kappa shape index (κ3) is 5.15. The zero-order valence-electron chi connectivity index (χ0n) is 18.0. The maximum absolute atomic E-state index is 13.3. The molecule has 1 aromatic heterocycles. The van der Waals surface area contributed by atoms with Gasteiger partial charge in [-0.3, -0.25) is 10.1 Å². The number of nitrogens with zero attached hydrogens (tertiary/aromatic N) is 1. The second kappa shape index (κ2) is 8.95. The number of thiazole rings is 1. The zero-order valence-corrected chi connectivity index (χ0v) is 18.9. The Morgan fingerprint density at radius 3 is 2.18 bits per heavy atom. The van der Waals surface area contributed by atoms with Crippen LogP contribution >= 0.6 is 11.3 Å². The van der Waals surface area contributed by atoms with Gasteiger partial charge in [0.25, 0.3) is 5.91 Å². The van der Waals surface area contributed by atoms with Crippen molar-refractivity contribution in [3.8, 4) is 0 Å². The lowest BCUT2D eigenvalue weighted by Gasteiger charge is -2.12. The second-order valence-corrected chi connectivity index (χ2v) is 8.70. The maximum atomic E-state index is 13.3. The molecule has 0 radical (unpaired) electrons. The van der Waals surface area contributed by atoms with Crippen molar-refractivity contribution >= 4 is 50.0 Å².